The van der Waals surface area contributed by atoms with Crippen LogP contribution in [0.15, 0.2) is 53.7 Å². The predicted octanol–water partition coefficient (Wildman–Crippen LogP) is 6.39. The van der Waals surface area contributed by atoms with Crippen LogP contribution >= 0.6 is 11.8 Å². The minimum absolute atomic E-state index is 0.0900. The number of aromatic nitrogens is 3. The number of carbonyl (C=O) groups is 1. The number of carbonyl (C=O) groups excluding carboxylic acids is 1. The molecule has 37 heavy (non-hydrogen) atoms. The van der Waals surface area contributed by atoms with Crippen LogP contribution in [0.2, 0.25) is 0 Å². The van der Waals surface area contributed by atoms with Gasteiger partial charge in [-0.15, -0.1) is 10.2 Å². The van der Waals surface area contributed by atoms with Crippen molar-refractivity contribution in [3.63, 3.8) is 0 Å². The van der Waals surface area contributed by atoms with E-state index >= 15 is 0 Å². The van der Waals surface area contributed by atoms with Gasteiger partial charge in [-0.3, -0.25) is 9.36 Å². The normalized spacial score (nSPS) is 14.4. The lowest BCUT2D eigenvalue weighted by molar-refractivity contribution is -0.133. The van der Waals surface area contributed by atoms with Crippen LogP contribution in [0, 0.1) is 0 Å². The van der Waals surface area contributed by atoms with E-state index in [1.165, 1.54) is 31.0 Å². The van der Waals surface area contributed by atoms with Gasteiger partial charge in [-0.1, -0.05) is 61.4 Å². The maximum Gasteiger partial charge on any atom is 0.233 e. The van der Waals surface area contributed by atoms with Crippen LogP contribution in [-0.2, 0) is 11.3 Å². The van der Waals surface area contributed by atoms with E-state index in [1.807, 2.05) is 41.3 Å². The summed E-state index contributed by atoms with van der Waals surface area (Å²) in [4.78, 5) is 15.5. The second-order valence-corrected chi connectivity index (χ2v) is 11.4. The van der Waals surface area contributed by atoms with Gasteiger partial charge in [0, 0.05) is 23.7 Å². The predicted molar refractivity (Wildman–Crippen MR) is 148 cm³/mol. The van der Waals surface area contributed by atoms with Gasteiger partial charge in [0.1, 0.15) is 0 Å². The maximum absolute atomic E-state index is 13.5. The fraction of sp³-hybridized carbons (Fsp3) is 0.483. The minimum Gasteiger partial charge on any atom is -0.493 e. The third-order valence-corrected chi connectivity index (χ3v) is 7.79. The lowest BCUT2D eigenvalue weighted by atomic mass is 9.95. The molecule has 2 aromatic carbocycles. The second kappa shape index (κ2) is 12.0. The highest BCUT2D eigenvalue weighted by Crippen LogP contribution is 2.38. The fourth-order valence-electron chi connectivity index (χ4n) is 4.89. The first kappa shape index (κ1) is 27.0. The molecule has 1 fully saturated rings. The molecule has 3 aromatic rings. The zero-order chi connectivity index (χ0) is 26.4. The van der Waals surface area contributed by atoms with Gasteiger partial charge in [0.2, 0.25) is 5.91 Å². The van der Waals surface area contributed by atoms with Crippen molar-refractivity contribution >= 4 is 17.7 Å². The molecule has 7 nitrogen and oxygen atoms in total. The molecule has 8 heteroatoms. The Morgan fingerprint density at radius 2 is 1.70 bits per heavy atom. The van der Waals surface area contributed by atoms with E-state index < -0.39 is 0 Å². The lowest BCUT2D eigenvalue weighted by Gasteiger charge is -2.36. The van der Waals surface area contributed by atoms with E-state index in [-0.39, 0.29) is 11.4 Å². The average Bonchev–Trinajstić information content (AvgIpc) is 3.34. The van der Waals surface area contributed by atoms with Gasteiger partial charge in [0.05, 0.1) is 20.0 Å². The van der Waals surface area contributed by atoms with Crippen LogP contribution in [-0.4, -0.2) is 51.1 Å². The summed E-state index contributed by atoms with van der Waals surface area (Å²) in [6.07, 6.45) is 5.80. The molecule has 0 bridgehead atoms. The second-order valence-electron chi connectivity index (χ2n) is 10.5. The van der Waals surface area contributed by atoms with Crippen LogP contribution in [0.3, 0.4) is 0 Å². The minimum atomic E-state index is -0.296. The van der Waals surface area contributed by atoms with Crippen LogP contribution in [0.25, 0.3) is 11.4 Å². The van der Waals surface area contributed by atoms with E-state index in [9.17, 15) is 4.79 Å². The van der Waals surface area contributed by atoms with Crippen molar-refractivity contribution in [2.24, 2.45) is 0 Å². The first-order valence-corrected chi connectivity index (χ1v) is 13.9. The highest BCUT2D eigenvalue weighted by Gasteiger charge is 2.29. The summed E-state index contributed by atoms with van der Waals surface area (Å²) in [5.74, 6) is 2.54. The molecule has 0 atom stereocenters. The molecule has 4 rings (SSSR count). The van der Waals surface area contributed by atoms with Gasteiger partial charge >= 0.3 is 0 Å². The summed E-state index contributed by atoms with van der Waals surface area (Å²) in [7, 11) is 3.27. The van der Waals surface area contributed by atoms with E-state index in [1.54, 1.807) is 14.2 Å². The van der Waals surface area contributed by atoms with Gasteiger partial charge < -0.3 is 14.4 Å². The molecular formula is C29H38N4O3S. The quantitative estimate of drug-likeness (QED) is 0.304. The zero-order valence-corrected chi connectivity index (χ0v) is 23.4. The first-order valence-electron chi connectivity index (χ1n) is 13.0. The van der Waals surface area contributed by atoms with E-state index in [0.29, 0.717) is 29.8 Å². The summed E-state index contributed by atoms with van der Waals surface area (Å²) in [6.45, 7) is 6.82. The van der Waals surface area contributed by atoms with Crippen molar-refractivity contribution in [1.29, 1.82) is 0 Å². The monoisotopic (exact) mass is 522 g/mol. The lowest BCUT2D eigenvalue weighted by Crippen LogP contribution is -2.46. The number of methoxy groups -OCH3 is 2. The number of amides is 1. The Labute approximate surface area is 224 Å². The van der Waals surface area contributed by atoms with Crippen LogP contribution in [0.4, 0.5) is 0 Å². The van der Waals surface area contributed by atoms with Crippen molar-refractivity contribution in [2.45, 2.75) is 76.2 Å². The van der Waals surface area contributed by atoms with Crippen LogP contribution in [0.5, 0.6) is 11.5 Å². The Bertz CT molecular complexity index is 1180. The Hall–Kier alpha value is -3.00. The van der Waals surface area contributed by atoms with Gasteiger partial charge in [-0.05, 0) is 57.4 Å². The molecule has 0 N–H and O–H groups in total. The largest absolute Gasteiger partial charge is 0.493 e. The standard InChI is InChI=1S/C29H38N4O3S/c1-29(2,3)32(19-21-12-8-6-9-13-21)26(34)20-37-28-31-30-27(33(28)23-14-10-7-11-15-23)22-16-17-24(35-4)25(18-22)36-5/h6,8-9,12-13,16-18,23H,7,10-11,14-15,19-20H2,1-5H3. The molecule has 0 aliphatic heterocycles. The maximum atomic E-state index is 13.5. The summed E-state index contributed by atoms with van der Waals surface area (Å²) in [5.41, 5.74) is 1.75. The summed E-state index contributed by atoms with van der Waals surface area (Å²) in [6, 6.07) is 16.3. The van der Waals surface area contributed by atoms with Crippen LogP contribution < -0.4 is 9.47 Å². The van der Waals surface area contributed by atoms with Crippen molar-refractivity contribution in [2.75, 3.05) is 20.0 Å². The number of nitrogens with zero attached hydrogens (tertiary/aromatic N) is 4. The molecule has 1 saturated carbocycles. The third kappa shape index (κ3) is 6.47. The Balaban J connectivity index is 1.60. The Morgan fingerprint density at radius 1 is 1.00 bits per heavy atom. The molecular weight excluding hydrogens is 484 g/mol. The number of hydrogen-bond acceptors (Lipinski definition) is 6. The van der Waals surface area contributed by atoms with Gasteiger partial charge in [-0.2, -0.15) is 0 Å². The highest BCUT2D eigenvalue weighted by atomic mass is 32.2. The Morgan fingerprint density at radius 3 is 2.35 bits per heavy atom. The molecule has 0 spiro atoms. The molecule has 0 saturated heterocycles. The first-order chi connectivity index (χ1) is 17.8. The highest BCUT2D eigenvalue weighted by molar-refractivity contribution is 7.99. The van der Waals surface area contributed by atoms with Crippen LogP contribution in [0.1, 0.15) is 64.5 Å². The molecule has 1 heterocycles. The smallest absolute Gasteiger partial charge is 0.233 e. The van der Waals surface area contributed by atoms with Gasteiger partial charge in [0.15, 0.2) is 22.5 Å². The molecule has 0 unspecified atom stereocenters. The van der Waals surface area contributed by atoms with Crippen molar-refractivity contribution in [1.82, 2.24) is 19.7 Å². The number of thioether (sulfide) groups is 1. The number of ether oxygens (including phenoxy) is 2. The van der Waals surface area contributed by atoms with E-state index in [4.69, 9.17) is 9.47 Å². The topological polar surface area (TPSA) is 69.5 Å². The van der Waals surface area contributed by atoms with E-state index in [0.717, 1.165) is 34.9 Å². The molecule has 0 radical (unpaired) electrons. The zero-order valence-electron chi connectivity index (χ0n) is 22.6. The molecule has 1 aliphatic rings. The summed E-state index contributed by atoms with van der Waals surface area (Å²) < 4.78 is 13.2. The molecule has 1 aromatic heterocycles. The average molecular weight is 523 g/mol. The SMILES string of the molecule is COc1ccc(-c2nnc(SCC(=O)N(Cc3ccccc3)C(C)(C)C)n2C2CCCCC2)cc1OC. The third-order valence-electron chi connectivity index (χ3n) is 6.87. The molecule has 1 amide bonds. The number of rotatable bonds is 9. The van der Waals surface area contributed by atoms with E-state index in [2.05, 4.69) is 47.7 Å². The molecule has 1 aliphatic carbocycles. The molecule has 198 valence electrons. The summed E-state index contributed by atoms with van der Waals surface area (Å²) >= 11 is 1.48. The number of benzene rings is 2. The number of hydrogen-bond donors (Lipinski definition) is 0. The van der Waals surface area contributed by atoms with Crippen molar-refractivity contribution < 1.29 is 14.3 Å². The van der Waals surface area contributed by atoms with Gasteiger partial charge in [0.25, 0.3) is 0 Å². The fourth-order valence-corrected chi connectivity index (χ4v) is 5.77. The summed E-state index contributed by atoms with van der Waals surface area (Å²) in [5, 5.41) is 9.97. The van der Waals surface area contributed by atoms with Crippen molar-refractivity contribution in [3.05, 3.63) is 54.1 Å². The van der Waals surface area contributed by atoms with Crippen molar-refractivity contribution in [3.8, 4) is 22.9 Å². The van der Waals surface area contributed by atoms with Gasteiger partial charge in [-0.25, -0.2) is 0 Å². The Kier molecular flexibility index (Phi) is 8.79.